The maximum absolute atomic E-state index is 13.2. The fourth-order valence-corrected chi connectivity index (χ4v) is 3.52. The topological polar surface area (TPSA) is 77.1 Å². The van der Waals surface area contributed by atoms with E-state index < -0.39 is 28.8 Å². The fraction of sp³-hybridized carbons (Fsp3) is 0.318. The van der Waals surface area contributed by atoms with Crippen molar-refractivity contribution in [2.24, 2.45) is 5.41 Å². The Bertz CT molecular complexity index is 1060. The molecule has 0 N–H and O–H groups in total. The van der Waals surface area contributed by atoms with Gasteiger partial charge in [-0.05, 0) is 35.9 Å². The first-order valence-electron chi connectivity index (χ1n) is 9.11. The first kappa shape index (κ1) is 21.2. The molecule has 1 atom stereocenters. The van der Waals surface area contributed by atoms with Gasteiger partial charge in [-0.1, -0.05) is 26.0 Å². The summed E-state index contributed by atoms with van der Waals surface area (Å²) in [5, 5.41) is 18.0. The van der Waals surface area contributed by atoms with Gasteiger partial charge < -0.3 is 9.64 Å². The van der Waals surface area contributed by atoms with Crippen LogP contribution in [0.25, 0.3) is 0 Å². The van der Waals surface area contributed by atoms with E-state index in [4.69, 9.17) is 15.3 Å². The van der Waals surface area contributed by atoms with Gasteiger partial charge in [0.1, 0.15) is 5.75 Å². The molecule has 1 aliphatic rings. The van der Waals surface area contributed by atoms with Crippen LogP contribution in [0.1, 0.15) is 36.1 Å². The predicted octanol–water partition coefficient (Wildman–Crippen LogP) is 4.26. The van der Waals surface area contributed by atoms with Crippen LogP contribution < -0.4 is 4.74 Å². The number of hydrogen-bond donors (Lipinski definition) is 0. The number of hydrogen-bond acceptors (Lipinski definition) is 4. The maximum Gasteiger partial charge on any atom is 0.417 e. The second kappa shape index (κ2) is 7.72. The van der Waals surface area contributed by atoms with Crippen molar-refractivity contribution in [3.63, 3.8) is 0 Å². The van der Waals surface area contributed by atoms with Gasteiger partial charge in [0, 0.05) is 18.5 Å². The Hall–Kier alpha value is -3.52. The van der Waals surface area contributed by atoms with Crippen molar-refractivity contribution in [3.8, 4) is 17.9 Å². The first-order valence-corrected chi connectivity index (χ1v) is 9.11. The van der Waals surface area contributed by atoms with E-state index in [1.807, 2.05) is 6.07 Å². The van der Waals surface area contributed by atoms with Gasteiger partial charge in [-0.3, -0.25) is 4.79 Å². The van der Waals surface area contributed by atoms with E-state index in [9.17, 15) is 18.0 Å². The van der Waals surface area contributed by atoms with Gasteiger partial charge in [-0.15, -0.1) is 0 Å². The van der Waals surface area contributed by atoms with Gasteiger partial charge in [-0.2, -0.15) is 23.7 Å². The monoisotopic (exact) mass is 413 g/mol. The summed E-state index contributed by atoms with van der Waals surface area (Å²) in [6.45, 7) is 4.21. The Kier molecular flexibility index (Phi) is 5.45. The highest BCUT2D eigenvalue weighted by molar-refractivity contribution is 5.84. The maximum atomic E-state index is 13.2. The van der Waals surface area contributed by atoms with Crippen LogP contribution in [0.15, 0.2) is 42.5 Å². The highest BCUT2D eigenvalue weighted by Gasteiger charge is 2.48. The summed E-state index contributed by atoms with van der Waals surface area (Å²) in [6.07, 6.45) is -5.69. The molecule has 1 heterocycles. The molecule has 8 heteroatoms. The van der Waals surface area contributed by atoms with E-state index in [1.54, 1.807) is 43.0 Å². The van der Waals surface area contributed by atoms with E-state index in [-0.39, 0.29) is 18.2 Å². The molecule has 30 heavy (non-hydrogen) atoms. The van der Waals surface area contributed by atoms with Crippen molar-refractivity contribution in [3.05, 3.63) is 64.7 Å². The van der Waals surface area contributed by atoms with Crippen molar-refractivity contribution in [2.45, 2.75) is 32.7 Å². The number of carbonyl (C=O) groups excluding carboxylic acids is 1. The Labute approximate surface area is 171 Å². The molecule has 0 aromatic heterocycles. The fourth-order valence-electron chi connectivity index (χ4n) is 3.52. The number of ether oxygens (including phenoxy) is 1. The largest absolute Gasteiger partial charge is 0.480 e. The molecule has 2 aromatic rings. The normalized spacial score (nSPS) is 18.0. The van der Waals surface area contributed by atoms with Gasteiger partial charge in [0.05, 0.1) is 28.8 Å². The summed E-state index contributed by atoms with van der Waals surface area (Å²) < 4.78 is 45.4. The molecule has 0 radical (unpaired) electrons. The lowest BCUT2D eigenvalue weighted by Crippen LogP contribution is -2.36. The minimum Gasteiger partial charge on any atom is -0.480 e. The van der Waals surface area contributed by atoms with Crippen molar-refractivity contribution in [1.29, 1.82) is 10.5 Å². The molecule has 154 valence electrons. The number of alkyl halides is 3. The molecule has 0 aliphatic carbocycles. The summed E-state index contributed by atoms with van der Waals surface area (Å²) in [4.78, 5) is 14.5. The molecule has 3 rings (SSSR count). The average molecular weight is 413 g/mol. The molecule has 0 spiro atoms. The number of nitriles is 2. The number of halogens is 3. The Morgan fingerprint density at radius 1 is 1.17 bits per heavy atom. The zero-order valence-electron chi connectivity index (χ0n) is 16.3. The quantitative estimate of drug-likeness (QED) is 0.750. The summed E-state index contributed by atoms with van der Waals surface area (Å²) in [5.74, 6) is -0.471. The number of amides is 1. The lowest BCUT2D eigenvalue weighted by Gasteiger charge is -2.24. The molecule has 0 saturated carbocycles. The molecule has 5 nitrogen and oxygen atoms in total. The molecule has 1 fully saturated rings. The van der Waals surface area contributed by atoms with Gasteiger partial charge in [-0.25, -0.2) is 0 Å². The predicted molar refractivity (Wildman–Crippen MR) is 101 cm³/mol. The minimum absolute atomic E-state index is 0.124. The summed E-state index contributed by atoms with van der Waals surface area (Å²) in [7, 11) is 0. The smallest absolute Gasteiger partial charge is 0.417 e. The lowest BCUT2D eigenvalue weighted by atomic mass is 9.89. The standard InChI is InChI=1S/C22H18F3N3O2/c1-21(2)13-28(12-15-5-3-4-14(8-15)10-26)20(29)19(21)30-17-7-6-16(11-27)18(9-17)22(23,24)25/h3-9,19H,12-13H2,1-2H3. The van der Waals surface area contributed by atoms with E-state index in [2.05, 4.69) is 0 Å². The van der Waals surface area contributed by atoms with E-state index in [0.717, 1.165) is 17.7 Å². The van der Waals surface area contributed by atoms with Crippen LogP contribution in [-0.4, -0.2) is 23.5 Å². The zero-order valence-corrected chi connectivity index (χ0v) is 16.3. The van der Waals surface area contributed by atoms with E-state index in [1.165, 1.54) is 12.1 Å². The van der Waals surface area contributed by atoms with Crippen LogP contribution in [-0.2, 0) is 17.5 Å². The van der Waals surface area contributed by atoms with E-state index in [0.29, 0.717) is 12.1 Å². The van der Waals surface area contributed by atoms with Crippen LogP contribution in [0, 0.1) is 28.1 Å². The van der Waals surface area contributed by atoms with Gasteiger partial charge in [0.25, 0.3) is 5.91 Å². The zero-order chi connectivity index (χ0) is 22.1. The third kappa shape index (κ3) is 4.23. The number of rotatable bonds is 4. The van der Waals surface area contributed by atoms with Crippen molar-refractivity contribution in [1.82, 2.24) is 4.90 Å². The lowest BCUT2D eigenvalue weighted by molar-refractivity contribution is -0.138. The Morgan fingerprint density at radius 3 is 2.53 bits per heavy atom. The highest BCUT2D eigenvalue weighted by Crippen LogP contribution is 2.38. The van der Waals surface area contributed by atoms with Gasteiger partial charge in [0.2, 0.25) is 0 Å². The SMILES string of the molecule is CC1(C)CN(Cc2cccc(C#N)c2)C(=O)C1Oc1ccc(C#N)c(C(F)(F)F)c1. The average Bonchev–Trinajstić information content (AvgIpc) is 2.90. The molecule has 0 bridgehead atoms. The molecule has 1 unspecified atom stereocenters. The van der Waals surface area contributed by atoms with Crippen LogP contribution in [0.5, 0.6) is 5.75 Å². The molecule has 1 aliphatic heterocycles. The number of likely N-dealkylation sites (tertiary alicyclic amines) is 1. The van der Waals surface area contributed by atoms with Crippen molar-refractivity contribution < 1.29 is 22.7 Å². The molecule has 1 saturated heterocycles. The number of nitrogens with zero attached hydrogens (tertiary/aromatic N) is 3. The third-order valence-electron chi connectivity index (χ3n) is 4.94. The summed E-state index contributed by atoms with van der Waals surface area (Å²) in [6, 6.07) is 13.5. The van der Waals surface area contributed by atoms with Crippen molar-refractivity contribution in [2.75, 3.05) is 6.54 Å². The third-order valence-corrected chi connectivity index (χ3v) is 4.94. The second-order valence-electron chi connectivity index (χ2n) is 7.81. The molecular weight excluding hydrogens is 395 g/mol. The molecule has 2 aromatic carbocycles. The van der Waals surface area contributed by atoms with Crippen LogP contribution in [0.2, 0.25) is 0 Å². The van der Waals surface area contributed by atoms with Gasteiger partial charge in [0.15, 0.2) is 6.10 Å². The Balaban J connectivity index is 1.84. The van der Waals surface area contributed by atoms with E-state index >= 15 is 0 Å². The first-order chi connectivity index (χ1) is 14.0. The van der Waals surface area contributed by atoms with Crippen LogP contribution in [0.3, 0.4) is 0 Å². The second-order valence-corrected chi connectivity index (χ2v) is 7.81. The summed E-state index contributed by atoms with van der Waals surface area (Å²) in [5.41, 5.74) is -1.02. The van der Waals surface area contributed by atoms with Gasteiger partial charge >= 0.3 is 6.18 Å². The number of carbonyl (C=O) groups is 1. The summed E-state index contributed by atoms with van der Waals surface area (Å²) >= 11 is 0. The van der Waals surface area contributed by atoms with Crippen LogP contribution in [0.4, 0.5) is 13.2 Å². The molecule has 1 amide bonds. The number of benzene rings is 2. The van der Waals surface area contributed by atoms with Crippen LogP contribution >= 0.6 is 0 Å². The highest BCUT2D eigenvalue weighted by atomic mass is 19.4. The Morgan fingerprint density at radius 2 is 1.90 bits per heavy atom. The molecular formula is C22H18F3N3O2. The van der Waals surface area contributed by atoms with Crippen molar-refractivity contribution >= 4 is 5.91 Å². The minimum atomic E-state index is -4.71.